The van der Waals surface area contributed by atoms with E-state index in [2.05, 4.69) is 22.5 Å². The molecule has 1 aromatic heterocycles. The van der Waals surface area contributed by atoms with Gasteiger partial charge in [0.2, 0.25) is 0 Å². The first-order chi connectivity index (χ1) is 8.63. The molecule has 0 spiro atoms. The summed E-state index contributed by atoms with van der Waals surface area (Å²) < 4.78 is 2.20. The van der Waals surface area contributed by atoms with Crippen molar-refractivity contribution >= 4 is 11.0 Å². The van der Waals surface area contributed by atoms with Crippen LogP contribution < -0.4 is 0 Å². The summed E-state index contributed by atoms with van der Waals surface area (Å²) in [6.45, 7) is 7.07. The lowest BCUT2D eigenvalue weighted by molar-refractivity contribution is 0.0301. The van der Waals surface area contributed by atoms with Gasteiger partial charge in [0.25, 0.3) is 0 Å². The first-order valence-electron chi connectivity index (χ1n) is 6.80. The minimum atomic E-state index is -0.631. The van der Waals surface area contributed by atoms with E-state index >= 15 is 0 Å². The van der Waals surface area contributed by atoms with Gasteiger partial charge in [-0.2, -0.15) is 0 Å². The van der Waals surface area contributed by atoms with Crippen molar-refractivity contribution < 1.29 is 5.11 Å². The maximum atomic E-state index is 10.5. The Hall–Kier alpha value is -1.35. The van der Waals surface area contributed by atoms with Gasteiger partial charge in [0, 0.05) is 13.0 Å². The first kappa shape index (κ1) is 13.1. The predicted octanol–water partition coefficient (Wildman–Crippen LogP) is 3.15. The number of benzene rings is 1. The third-order valence-electron chi connectivity index (χ3n) is 3.85. The highest BCUT2D eigenvalue weighted by atomic mass is 16.3. The van der Waals surface area contributed by atoms with E-state index in [0.717, 1.165) is 36.2 Å². The predicted molar refractivity (Wildman–Crippen MR) is 74.6 cm³/mol. The Labute approximate surface area is 108 Å². The lowest BCUT2D eigenvalue weighted by atomic mass is 9.93. The molecule has 0 atom stereocenters. The zero-order valence-corrected chi connectivity index (χ0v) is 11.5. The van der Waals surface area contributed by atoms with E-state index in [4.69, 9.17) is 0 Å². The van der Waals surface area contributed by atoms with Crippen molar-refractivity contribution in [2.45, 2.75) is 52.2 Å². The minimum Gasteiger partial charge on any atom is -0.389 e. The number of nitrogens with zero attached hydrogens (tertiary/aromatic N) is 2. The molecule has 0 saturated heterocycles. The van der Waals surface area contributed by atoms with Crippen molar-refractivity contribution in [2.24, 2.45) is 0 Å². The zero-order chi connectivity index (χ0) is 13.2. The number of hydrogen-bond acceptors (Lipinski definition) is 2. The minimum absolute atomic E-state index is 0.628. The van der Waals surface area contributed by atoms with E-state index in [-0.39, 0.29) is 0 Å². The van der Waals surface area contributed by atoms with E-state index in [1.54, 1.807) is 0 Å². The van der Waals surface area contributed by atoms with Crippen LogP contribution in [0.4, 0.5) is 0 Å². The van der Waals surface area contributed by atoms with E-state index in [1.807, 2.05) is 32.0 Å². The largest absolute Gasteiger partial charge is 0.389 e. The highest BCUT2D eigenvalue weighted by Crippen LogP contribution is 2.23. The number of fused-ring (bicyclic) bond motifs is 1. The van der Waals surface area contributed by atoms with Gasteiger partial charge in [0.05, 0.1) is 16.6 Å². The third kappa shape index (κ3) is 2.27. The Bertz CT molecular complexity index is 526. The van der Waals surface area contributed by atoms with Crippen molar-refractivity contribution in [3.05, 3.63) is 30.1 Å². The number of aromatic nitrogens is 2. The number of imidazole rings is 1. The molecule has 3 heteroatoms. The van der Waals surface area contributed by atoms with Crippen LogP contribution in [0.15, 0.2) is 24.3 Å². The molecule has 0 bridgehead atoms. The Morgan fingerprint density at radius 1 is 1.17 bits per heavy atom. The molecule has 98 valence electrons. The summed E-state index contributed by atoms with van der Waals surface area (Å²) in [7, 11) is 0. The van der Waals surface area contributed by atoms with Gasteiger partial charge in [-0.25, -0.2) is 4.98 Å². The summed E-state index contributed by atoms with van der Waals surface area (Å²) in [6, 6.07) is 8.16. The normalized spacial score (nSPS) is 12.2. The fourth-order valence-electron chi connectivity index (χ4n) is 2.41. The molecule has 0 aliphatic carbocycles. The van der Waals surface area contributed by atoms with Crippen LogP contribution in [0.1, 0.15) is 39.4 Å². The number of aliphatic hydroxyl groups is 1. The van der Waals surface area contributed by atoms with Crippen LogP contribution in [-0.4, -0.2) is 20.3 Å². The van der Waals surface area contributed by atoms with Crippen LogP contribution in [-0.2, 0) is 13.0 Å². The standard InChI is InChI=1S/C15H22N2O/c1-4-15(18,5-2)11-14-16-12-9-7-8-10-13(12)17(14)6-3/h7-10,18H,4-6,11H2,1-3H3. The molecule has 0 saturated carbocycles. The van der Waals surface area contributed by atoms with Crippen molar-refractivity contribution in [2.75, 3.05) is 0 Å². The van der Waals surface area contributed by atoms with Crippen LogP contribution in [0.25, 0.3) is 11.0 Å². The zero-order valence-electron chi connectivity index (χ0n) is 11.5. The number of rotatable bonds is 5. The van der Waals surface area contributed by atoms with Crippen LogP contribution >= 0.6 is 0 Å². The Kier molecular flexibility index (Phi) is 3.71. The average molecular weight is 246 g/mol. The maximum Gasteiger partial charge on any atom is 0.112 e. The Balaban J connectivity index is 2.44. The highest BCUT2D eigenvalue weighted by Gasteiger charge is 2.25. The molecule has 2 aromatic rings. The second-order valence-electron chi connectivity index (χ2n) is 4.87. The fraction of sp³-hybridized carbons (Fsp3) is 0.533. The summed E-state index contributed by atoms with van der Waals surface area (Å²) >= 11 is 0. The number of hydrogen-bond donors (Lipinski definition) is 1. The Morgan fingerprint density at radius 3 is 2.44 bits per heavy atom. The lowest BCUT2D eigenvalue weighted by Crippen LogP contribution is -2.31. The number of para-hydroxylation sites is 2. The summed E-state index contributed by atoms with van der Waals surface area (Å²) in [5.74, 6) is 0.991. The van der Waals surface area contributed by atoms with Crippen molar-refractivity contribution in [3.8, 4) is 0 Å². The first-order valence-corrected chi connectivity index (χ1v) is 6.80. The summed E-state index contributed by atoms with van der Waals surface area (Å²) in [5.41, 5.74) is 1.54. The molecule has 0 unspecified atom stereocenters. The monoisotopic (exact) mass is 246 g/mol. The third-order valence-corrected chi connectivity index (χ3v) is 3.85. The van der Waals surface area contributed by atoms with Crippen LogP contribution in [0.5, 0.6) is 0 Å². The van der Waals surface area contributed by atoms with Gasteiger partial charge >= 0.3 is 0 Å². The molecule has 0 radical (unpaired) electrons. The van der Waals surface area contributed by atoms with Gasteiger partial charge in [0.1, 0.15) is 5.82 Å². The smallest absolute Gasteiger partial charge is 0.112 e. The van der Waals surface area contributed by atoms with Gasteiger partial charge in [-0.15, -0.1) is 0 Å². The molecule has 1 heterocycles. The topological polar surface area (TPSA) is 38.0 Å². The average Bonchev–Trinajstić information content (AvgIpc) is 2.75. The molecular formula is C15H22N2O. The van der Waals surface area contributed by atoms with Gasteiger partial charge in [-0.1, -0.05) is 26.0 Å². The van der Waals surface area contributed by atoms with Crippen LogP contribution in [0.2, 0.25) is 0 Å². The second-order valence-corrected chi connectivity index (χ2v) is 4.87. The van der Waals surface area contributed by atoms with Crippen molar-refractivity contribution in [1.29, 1.82) is 0 Å². The van der Waals surface area contributed by atoms with E-state index in [0.29, 0.717) is 6.42 Å². The van der Waals surface area contributed by atoms with E-state index in [1.165, 1.54) is 0 Å². The number of aryl methyl sites for hydroxylation is 1. The van der Waals surface area contributed by atoms with Crippen LogP contribution in [0.3, 0.4) is 0 Å². The van der Waals surface area contributed by atoms with Crippen molar-refractivity contribution in [3.63, 3.8) is 0 Å². The molecule has 1 aromatic carbocycles. The summed E-state index contributed by atoms with van der Waals surface area (Å²) in [4.78, 5) is 4.67. The van der Waals surface area contributed by atoms with E-state index < -0.39 is 5.60 Å². The molecule has 18 heavy (non-hydrogen) atoms. The molecule has 0 aliphatic heterocycles. The Morgan fingerprint density at radius 2 is 1.83 bits per heavy atom. The summed E-state index contributed by atoms with van der Waals surface area (Å²) in [5, 5.41) is 10.5. The van der Waals surface area contributed by atoms with Crippen LogP contribution in [0, 0.1) is 0 Å². The van der Waals surface area contributed by atoms with Gasteiger partial charge in [0.15, 0.2) is 0 Å². The van der Waals surface area contributed by atoms with Gasteiger partial charge < -0.3 is 9.67 Å². The molecule has 2 rings (SSSR count). The maximum absolute atomic E-state index is 10.5. The molecule has 0 aliphatic rings. The molecule has 1 N–H and O–H groups in total. The molecule has 0 amide bonds. The van der Waals surface area contributed by atoms with E-state index in [9.17, 15) is 5.11 Å². The molecule has 3 nitrogen and oxygen atoms in total. The lowest BCUT2D eigenvalue weighted by Gasteiger charge is -2.24. The summed E-state index contributed by atoms with van der Waals surface area (Å²) in [6.07, 6.45) is 2.15. The van der Waals surface area contributed by atoms with Gasteiger partial charge in [-0.3, -0.25) is 0 Å². The SMILES string of the molecule is CCn1c(CC(O)(CC)CC)nc2ccccc21. The fourth-order valence-corrected chi connectivity index (χ4v) is 2.41. The second kappa shape index (κ2) is 5.11. The molecular weight excluding hydrogens is 224 g/mol. The quantitative estimate of drug-likeness (QED) is 0.880. The van der Waals surface area contributed by atoms with Crippen molar-refractivity contribution in [1.82, 2.24) is 9.55 Å². The highest BCUT2D eigenvalue weighted by molar-refractivity contribution is 5.75. The van der Waals surface area contributed by atoms with Gasteiger partial charge in [-0.05, 0) is 31.9 Å². The molecule has 0 fully saturated rings.